The smallest absolute Gasteiger partial charge is 0.337 e. The van der Waals surface area contributed by atoms with Gasteiger partial charge in [-0.25, -0.2) is 23.2 Å². The molecule has 26 heavy (non-hydrogen) atoms. The maximum Gasteiger partial charge on any atom is 0.337 e. The van der Waals surface area contributed by atoms with E-state index in [0.29, 0.717) is 35.7 Å². The molecule has 0 radical (unpaired) electrons. The summed E-state index contributed by atoms with van der Waals surface area (Å²) >= 11 is 0. The molecule has 1 saturated heterocycles. The highest BCUT2D eigenvalue weighted by Gasteiger charge is 2.32. The normalized spacial score (nSPS) is 18.6. The van der Waals surface area contributed by atoms with Crippen LogP contribution in [0.4, 0.5) is 0 Å². The average molecular weight is 376 g/mol. The summed E-state index contributed by atoms with van der Waals surface area (Å²) in [5, 5.41) is 9.15. The van der Waals surface area contributed by atoms with Crippen molar-refractivity contribution in [3.63, 3.8) is 0 Å². The van der Waals surface area contributed by atoms with Gasteiger partial charge in [0.25, 0.3) is 0 Å². The largest absolute Gasteiger partial charge is 0.478 e. The molecule has 9 heteroatoms. The monoisotopic (exact) mass is 376 g/mol. The van der Waals surface area contributed by atoms with Crippen molar-refractivity contribution in [1.29, 1.82) is 0 Å². The molecule has 2 aromatic heterocycles. The molecule has 0 aliphatic carbocycles. The number of sulfonamides is 1. The average Bonchev–Trinajstić information content (AvgIpc) is 2.60. The van der Waals surface area contributed by atoms with Crippen LogP contribution in [0, 0.1) is 6.92 Å². The Kier molecular flexibility index (Phi) is 5.01. The minimum Gasteiger partial charge on any atom is -0.478 e. The first-order valence-electron chi connectivity index (χ1n) is 8.27. The zero-order valence-corrected chi connectivity index (χ0v) is 15.4. The minimum absolute atomic E-state index is 0.0655. The van der Waals surface area contributed by atoms with Gasteiger partial charge in [0.05, 0.1) is 29.2 Å². The molecule has 1 fully saturated rings. The summed E-state index contributed by atoms with van der Waals surface area (Å²) in [4.78, 5) is 24.0. The molecule has 1 atom stereocenters. The van der Waals surface area contributed by atoms with Gasteiger partial charge in [0.2, 0.25) is 10.0 Å². The quantitative estimate of drug-likeness (QED) is 0.868. The Morgan fingerprint density at radius 2 is 2.00 bits per heavy atom. The highest BCUT2D eigenvalue weighted by Crippen LogP contribution is 2.33. The van der Waals surface area contributed by atoms with Crippen molar-refractivity contribution in [2.24, 2.45) is 0 Å². The highest BCUT2D eigenvalue weighted by atomic mass is 32.2. The van der Waals surface area contributed by atoms with Gasteiger partial charge in [-0.1, -0.05) is 6.42 Å². The van der Waals surface area contributed by atoms with E-state index in [9.17, 15) is 13.2 Å². The number of piperidine rings is 1. The van der Waals surface area contributed by atoms with Crippen molar-refractivity contribution in [3.05, 3.63) is 41.6 Å². The summed E-state index contributed by atoms with van der Waals surface area (Å²) in [5.41, 5.74) is 1.77. The van der Waals surface area contributed by atoms with Crippen molar-refractivity contribution in [2.45, 2.75) is 32.2 Å². The maximum absolute atomic E-state index is 12.1. The molecule has 1 unspecified atom stereocenters. The molecule has 3 heterocycles. The van der Waals surface area contributed by atoms with E-state index in [4.69, 9.17) is 5.11 Å². The van der Waals surface area contributed by atoms with Gasteiger partial charge in [-0.3, -0.25) is 4.98 Å². The molecular formula is C17H20N4O4S. The van der Waals surface area contributed by atoms with Crippen LogP contribution in [0.5, 0.6) is 0 Å². The Labute approximate surface area is 152 Å². The minimum atomic E-state index is -3.35. The first kappa shape index (κ1) is 18.4. The predicted molar refractivity (Wildman–Crippen MR) is 95.1 cm³/mol. The highest BCUT2D eigenvalue weighted by molar-refractivity contribution is 7.88. The fourth-order valence-electron chi connectivity index (χ4n) is 3.20. The summed E-state index contributed by atoms with van der Waals surface area (Å²) in [5.74, 6) is -0.571. The second kappa shape index (κ2) is 7.08. The number of hydrogen-bond acceptors (Lipinski definition) is 6. The lowest BCUT2D eigenvalue weighted by atomic mass is 10.0. The zero-order chi connectivity index (χ0) is 18.9. The van der Waals surface area contributed by atoms with Crippen LogP contribution in [0.25, 0.3) is 11.3 Å². The Morgan fingerprint density at radius 1 is 1.23 bits per heavy atom. The van der Waals surface area contributed by atoms with E-state index < -0.39 is 16.0 Å². The summed E-state index contributed by atoms with van der Waals surface area (Å²) in [7, 11) is -3.35. The molecule has 3 rings (SSSR count). The summed E-state index contributed by atoms with van der Waals surface area (Å²) in [6.07, 6.45) is 6.45. The number of aromatic carboxylic acids is 1. The Hall–Kier alpha value is -2.39. The number of carboxylic acids is 1. The molecular weight excluding hydrogens is 356 g/mol. The second-order valence-electron chi connectivity index (χ2n) is 6.38. The van der Waals surface area contributed by atoms with Crippen LogP contribution in [0.2, 0.25) is 0 Å². The number of hydrogen-bond donors (Lipinski definition) is 1. The van der Waals surface area contributed by atoms with Crippen LogP contribution in [-0.4, -0.2) is 51.6 Å². The molecule has 1 aliphatic heterocycles. The maximum atomic E-state index is 12.1. The summed E-state index contributed by atoms with van der Waals surface area (Å²) in [6.45, 7) is 2.20. The fraction of sp³-hybridized carbons (Fsp3) is 0.412. The topological polar surface area (TPSA) is 113 Å². The number of carbonyl (C=O) groups is 1. The van der Waals surface area contributed by atoms with E-state index >= 15 is 0 Å². The fourth-order valence-corrected chi connectivity index (χ4v) is 4.34. The van der Waals surface area contributed by atoms with Crippen LogP contribution < -0.4 is 0 Å². The molecule has 0 bridgehead atoms. The molecule has 0 aromatic carbocycles. The first-order chi connectivity index (χ1) is 12.3. The van der Waals surface area contributed by atoms with E-state index in [-0.39, 0.29) is 11.6 Å². The van der Waals surface area contributed by atoms with Gasteiger partial charge in [-0.05, 0) is 31.9 Å². The number of rotatable bonds is 4. The van der Waals surface area contributed by atoms with E-state index in [0.717, 1.165) is 12.8 Å². The molecule has 1 aliphatic rings. The van der Waals surface area contributed by atoms with Crippen molar-refractivity contribution in [2.75, 3.05) is 12.8 Å². The van der Waals surface area contributed by atoms with Gasteiger partial charge in [0, 0.05) is 24.5 Å². The van der Waals surface area contributed by atoms with Crippen LogP contribution in [-0.2, 0) is 10.0 Å². The molecule has 2 aromatic rings. The lowest BCUT2D eigenvalue weighted by Gasteiger charge is -2.33. The van der Waals surface area contributed by atoms with E-state index in [1.165, 1.54) is 29.0 Å². The summed E-state index contributed by atoms with van der Waals surface area (Å²) in [6, 6.07) is 2.88. The van der Waals surface area contributed by atoms with Crippen molar-refractivity contribution in [3.8, 4) is 11.3 Å². The first-order valence-corrected chi connectivity index (χ1v) is 10.1. The van der Waals surface area contributed by atoms with E-state index in [2.05, 4.69) is 15.0 Å². The molecule has 8 nitrogen and oxygen atoms in total. The number of aromatic nitrogens is 3. The van der Waals surface area contributed by atoms with E-state index in [1.807, 2.05) is 0 Å². The molecule has 0 amide bonds. The third-order valence-corrected chi connectivity index (χ3v) is 5.65. The number of pyridine rings is 1. The van der Waals surface area contributed by atoms with E-state index in [1.54, 1.807) is 13.0 Å². The third-order valence-electron chi connectivity index (χ3n) is 4.36. The Bertz CT molecular complexity index is 946. The standard InChI is InChI=1S/C17H20N4O4S/c1-11-19-14(12-7-13(17(22)23)10-18-9-12)8-15(20-11)16-5-3-4-6-21(16)26(2,24)25/h7-10,16H,3-6H2,1-2H3,(H,22,23). The molecule has 0 spiro atoms. The predicted octanol–water partition coefficient (Wildman–Crippen LogP) is 2.03. The molecule has 1 N–H and O–H groups in total. The van der Waals surface area contributed by atoms with Crippen LogP contribution in [0.3, 0.4) is 0 Å². The van der Waals surface area contributed by atoms with Gasteiger partial charge in [0.1, 0.15) is 5.82 Å². The van der Waals surface area contributed by atoms with Crippen molar-refractivity contribution >= 4 is 16.0 Å². The lowest BCUT2D eigenvalue weighted by molar-refractivity contribution is 0.0696. The third kappa shape index (κ3) is 3.88. The van der Waals surface area contributed by atoms with Crippen LogP contribution in [0.15, 0.2) is 24.5 Å². The van der Waals surface area contributed by atoms with Gasteiger partial charge in [-0.15, -0.1) is 0 Å². The SMILES string of the molecule is Cc1nc(-c2cncc(C(=O)O)c2)cc(C2CCCCN2S(C)(=O)=O)n1. The Morgan fingerprint density at radius 3 is 2.69 bits per heavy atom. The van der Waals surface area contributed by atoms with Gasteiger partial charge >= 0.3 is 5.97 Å². The number of carboxylic acid groups (broad SMARTS) is 1. The number of aryl methyl sites for hydroxylation is 1. The summed E-state index contributed by atoms with van der Waals surface area (Å²) < 4.78 is 25.8. The second-order valence-corrected chi connectivity index (χ2v) is 8.31. The Balaban J connectivity index is 2.05. The lowest BCUT2D eigenvalue weighted by Crippen LogP contribution is -2.38. The van der Waals surface area contributed by atoms with Crippen molar-refractivity contribution < 1.29 is 18.3 Å². The van der Waals surface area contributed by atoms with Gasteiger partial charge < -0.3 is 5.11 Å². The van der Waals surface area contributed by atoms with Crippen molar-refractivity contribution in [1.82, 2.24) is 19.3 Å². The molecule has 138 valence electrons. The number of nitrogens with zero attached hydrogens (tertiary/aromatic N) is 4. The molecule has 0 saturated carbocycles. The van der Waals surface area contributed by atoms with Crippen LogP contribution >= 0.6 is 0 Å². The van der Waals surface area contributed by atoms with Crippen LogP contribution in [0.1, 0.15) is 47.2 Å². The van der Waals surface area contributed by atoms with Gasteiger partial charge in [0.15, 0.2) is 0 Å². The van der Waals surface area contributed by atoms with Gasteiger partial charge in [-0.2, -0.15) is 4.31 Å². The zero-order valence-electron chi connectivity index (χ0n) is 14.6.